The molecule has 0 aromatic carbocycles. The summed E-state index contributed by atoms with van der Waals surface area (Å²) < 4.78 is 11.0. The normalized spacial score (nSPS) is 13.1. The van der Waals surface area contributed by atoms with Gasteiger partial charge in [0.2, 0.25) is 0 Å². The Morgan fingerprint density at radius 1 is 1.46 bits per heavy atom. The first-order valence-corrected chi connectivity index (χ1v) is 7.84. The number of hydrogen-bond acceptors (Lipinski definition) is 5. The van der Waals surface area contributed by atoms with Crippen LogP contribution in [0.3, 0.4) is 0 Å². The zero-order valence-electron chi connectivity index (χ0n) is 15.1. The highest BCUT2D eigenvalue weighted by Crippen LogP contribution is 2.21. The molecule has 1 amide bonds. The molecule has 0 aliphatic rings. The summed E-state index contributed by atoms with van der Waals surface area (Å²) in [6.07, 6.45) is 3.01. The molecule has 0 spiro atoms. The predicted molar refractivity (Wildman–Crippen MR) is 97.2 cm³/mol. The molecule has 0 fully saturated rings. The summed E-state index contributed by atoms with van der Waals surface area (Å²) in [7, 11) is 0. The number of carbonyl (C=O) groups excluding carboxylic acids is 1. The van der Waals surface area contributed by atoms with Crippen LogP contribution in [-0.2, 0) is 9.47 Å². The number of nitrogens with zero attached hydrogens (tertiary/aromatic N) is 1. The maximum absolute atomic E-state index is 11.8. The van der Waals surface area contributed by atoms with Gasteiger partial charge in [0.05, 0.1) is 6.04 Å². The van der Waals surface area contributed by atoms with Crippen LogP contribution in [-0.4, -0.2) is 29.3 Å². The van der Waals surface area contributed by atoms with Crippen molar-refractivity contribution >= 4 is 23.7 Å². The molecule has 1 unspecified atom stereocenters. The summed E-state index contributed by atoms with van der Waals surface area (Å²) >= 11 is 0. The number of hydrogen-bond donors (Lipinski definition) is 2. The van der Waals surface area contributed by atoms with E-state index in [-0.39, 0.29) is 12.6 Å². The molecule has 1 atom stereocenters. The van der Waals surface area contributed by atoms with Crippen LogP contribution in [0.15, 0.2) is 24.8 Å². The lowest BCUT2D eigenvalue weighted by molar-refractivity contribution is 0.0489. The summed E-state index contributed by atoms with van der Waals surface area (Å²) in [6.45, 7) is 13.2. The minimum atomic E-state index is -0.538. The average molecular weight is 333 g/mol. The van der Waals surface area contributed by atoms with E-state index in [4.69, 9.17) is 15.2 Å². The Balaban J connectivity index is 2.69. The van der Waals surface area contributed by atoms with Crippen LogP contribution in [0.2, 0.25) is 0 Å². The number of amides is 1. The molecule has 0 aliphatic carbocycles. The number of pyridine rings is 1. The van der Waals surface area contributed by atoms with Crippen LogP contribution in [0.1, 0.15) is 45.9 Å². The Labute approximate surface area is 143 Å². The van der Waals surface area contributed by atoms with E-state index in [0.717, 1.165) is 5.56 Å². The topological polar surface area (TPSA) is 86.5 Å². The minimum absolute atomic E-state index is 0.233. The largest absolute Gasteiger partial charge is 0.490 e. The maximum atomic E-state index is 11.8. The van der Waals surface area contributed by atoms with Gasteiger partial charge in [0.25, 0.3) is 0 Å². The molecule has 0 bridgehead atoms. The second kappa shape index (κ2) is 8.38. The molecule has 3 N–H and O–H groups in total. The fourth-order valence-corrected chi connectivity index (χ4v) is 1.90. The van der Waals surface area contributed by atoms with Crippen molar-refractivity contribution in [2.45, 2.75) is 46.3 Å². The Kier molecular flexibility index (Phi) is 6.82. The van der Waals surface area contributed by atoms with Crippen molar-refractivity contribution in [2.75, 3.05) is 12.3 Å². The molecule has 6 heteroatoms. The molecule has 0 radical (unpaired) electrons. The second-order valence-corrected chi connectivity index (χ2v) is 6.39. The van der Waals surface area contributed by atoms with Crippen molar-refractivity contribution < 1.29 is 14.3 Å². The van der Waals surface area contributed by atoms with E-state index in [2.05, 4.69) is 16.9 Å². The number of alkyl carbamates (subject to hydrolysis) is 1. The van der Waals surface area contributed by atoms with Crippen LogP contribution in [0.4, 0.5) is 10.6 Å². The first-order chi connectivity index (χ1) is 11.2. The van der Waals surface area contributed by atoms with Crippen LogP contribution >= 0.6 is 0 Å². The van der Waals surface area contributed by atoms with Gasteiger partial charge in [-0.25, -0.2) is 9.78 Å². The lowest BCUT2D eigenvalue weighted by Gasteiger charge is -2.22. The fourth-order valence-electron chi connectivity index (χ4n) is 1.90. The van der Waals surface area contributed by atoms with E-state index >= 15 is 0 Å². The summed E-state index contributed by atoms with van der Waals surface area (Å²) in [5, 5.41) is 2.73. The number of aromatic nitrogens is 1. The highest BCUT2D eigenvalue weighted by molar-refractivity contribution is 5.69. The van der Waals surface area contributed by atoms with Crippen LogP contribution < -0.4 is 11.1 Å². The third-order valence-electron chi connectivity index (χ3n) is 2.92. The molecular formula is C18H27N3O3. The summed E-state index contributed by atoms with van der Waals surface area (Å²) in [5.41, 5.74) is 6.66. The molecule has 132 valence electrons. The quantitative estimate of drug-likeness (QED) is 0.777. The molecule has 0 saturated heterocycles. The third-order valence-corrected chi connectivity index (χ3v) is 2.92. The Bertz CT molecular complexity index is 618. The SMILES string of the molecule is C=Cc1ccc(N)nc1/C(=C\C)OCC(C)NC(=O)OC(C)(C)C. The molecule has 24 heavy (non-hydrogen) atoms. The van der Waals surface area contributed by atoms with E-state index in [1.807, 2.05) is 40.7 Å². The number of ether oxygens (including phenoxy) is 2. The maximum Gasteiger partial charge on any atom is 0.407 e. The third kappa shape index (κ3) is 6.32. The smallest absolute Gasteiger partial charge is 0.407 e. The fraction of sp³-hybridized carbons (Fsp3) is 0.444. The summed E-state index contributed by atoms with van der Waals surface area (Å²) in [5.74, 6) is 0.980. The van der Waals surface area contributed by atoms with Gasteiger partial charge in [-0.15, -0.1) is 0 Å². The van der Waals surface area contributed by atoms with E-state index in [1.54, 1.807) is 18.2 Å². The van der Waals surface area contributed by atoms with Crippen molar-refractivity contribution in [3.63, 3.8) is 0 Å². The highest BCUT2D eigenvalue weighted by Gasteiger charge is 2.18. The molecule has 1 rings (SSSR count). The van der Waals surface area contributed by atoms with Gasteiger partial charge >= 0.3 is 6.09 Å². The Hall–Kier alpha value is -2.50. The van der Waals surface area contributed by atoms with Crippen molar-refractivity contribution in [3.8, 4) is 0 Å². The molecule has 0 aliphatic heterocycles. The van der Waals surface area contributed by atoms with Gasteiger partial charge in [-0.05, 0) is 52.8 Å². The van der Waals surface area contributed by atoms with E-state index in [1.165, 1.54) is 0 Å². The lowest BCUT2D eigenvalue weighted by Crippen LogP contribution is -2.39. The van der Waals surface area contributed by atoms with Crippen LogP contribution in [0, 0.1) is 0 Å². The highest BCUT2D eigenvalue weighted by atomic mass is 16.6. The number of rotatable bonds is 6. The Morgan fingerprint density at radius 3 is 2.67 bits per heavy atom. The molecule has 1 aromatic rings. The zero-order chi connectivity index (χ0) is 18.3. The first kappa shape index (κ1) is 19.5. The van der Waals surface area contributed by atoms with Crippen molar-refractivity contribution in [1.82, 2.24) is 10.3 Å². The number of nitrogens with one attached hydrogen (secondary N) is 1. The standard InChI is InChI=1S/C18H27N3O3/c1-7-13-9-10-15(19)21-16(13)14(8-2)23-11-12(3)20-17(22)24-18(4,5)6/h7-10,12H,1,11H2,2-6H3,(H2,19,21)(H,20,22)/b14-8+. The number of nitrogens with two attached hydrogens (primary N) is 1. The first-order valence-electron chi connectivity index (χ1n) is 7.84. The number of nitrogen functional groups attached to an aromatic ring is 1. The van der Waals surface area contributed by atoms with Gasteiger partial charge in [0.1, 0.15) is 29.5 Å². The van der Waals surface area contributed by atoms with Gasteiger partial charge in [-0.2, -0.15) is 0 Å². The van der Waals surface area contributed by atoms with Gasteiger partial charge < -0.3 is 20.5 Å². The summed E-state index contributed by atoms with van der Waals surface area (Å²) in [4.78, 5) is 16.1. The lowest BCUT2D eigenvalue weighted by atomic mass is 10.1. The van der Waals surface area contributed by atoms with E-state index < -0.39 is 11.7 Å². The monoisotopic (exact) mass is 333 g/mol. The van der Waals surface area contributed by atoms with Gasteiger partial charge in [-0.1, -0.05) is 12.7 Å². The average Bonchev–Trinajstić information content (AvgIpc) is 2.46. The number of carbonyl (C=O) groups is 1. The van der Waals surface area contributed by atoms with Crippen LogP contribution in [0.25, 0.3) is 11.8 Å². The van der Waals surface area contributed by atoms with E-state index in [0.29, 0.717) is 17.3 Å². The molecule has 6 nitrogen and oxygen atoms in total. The van der Waals surface area contributed by atoms with Gasteiger partial charge in [-0.3, -0.25) is 0 Å². The zero-order valence-corrected chi connectivity index (χ0v) is 15.1. The molecule has 0 saturated carbocycles. The van der Waals surface area contributed by atoms with Crippen molar-refractivity contribution in [1.29, 1.82) is 0 Å². The minimum Gasteiger partial charge on any atom is -0.490 e. The van der Waals surface area contributed by atoms with Gasteiger partial charge in [0, 0.05) is 5.56 Å². The molecule has 1 heterocycles. The number of allylic oxidation sites excluding steroid dienone is 1. The van der Waals surface area contributed by atoms with Gasteiger partial charge in [0.15, 0.2) is 0 Å². The summed E-state index contributed by atoms with van der Waals surface area (Å²) in [6, 6.07) is 3.31. The van der Waals surface area contributed by atoms with Crippen LogP contribution in [0.5, 0.6) is 0 Å². The van der Waals surface area contributed by atoms with Crippen molar-refractivity contribution in [2.24, 2.45) is 0 Å². The van der Waals surface area contributed by atoms with E-state index in [9.17, 15) is 4.79 Å². The Morgan fingerprint density at radius 2 is 2.12 bits per heavy atom. The number of anilines is 1. The molecule has 1 aromatic heterocycles. The second-order valence-electron chi connectivity index (χ2n) is 6.39. The predicted octanol–water partition coefficient (Wildman–Crippen LogP) is 3.60. The van der Waals surface area contributed by atoms with Crippen molar-refractivity contribution in [3.05, 3.63) is 36.0 Å². The molecular weight excluding hydrogens is 306 g/mol.